The van der Waals surface area contributed by atoms with Crippen molar-refractivity contribution in [2.24, 2.45) is 5.92 Å². The Balaban J connectivity index is 1.83. The number of hydrogen-bond donors (Lipinski definition) is 1. The summed E-state index contributed by atoms with van der Waals surface area (Å²) in [5, 5.41) is 4.16. The van der Waals surface area contributed by atoms with Gasteiger partial charge >= 0.3 is 0 Å². The number of benzene rings is 1. The van der Waals surface area contributed by atoms with E-state index in [2.05, 4.69) is 24.1 Å². The van der Waals surface area contributed by atoms with Crippen LogP contribution >= 0.6 is 11.8 Å². The molecule has 1 aliphatic heterocycles. The number of fused-ring (bicyclic) bond motifs is 1. The number of ether oxygens (including phenoxy) is 1. The number of nitrogens with one attached hydrogen (secondary N) is 1. The molecule has 1 N–H and O–H groups in total. The van der Waals surface area contributed by atoms with E-state index < -0.39 is 0 Å². The van der Waals surface area contributed by atoms with Gasteiger partial charge in [-0.25, -0.2) is 4.98 Å². The van der Waals surface area contributed by atoms with Crippen LogP contribution in [0.4, 0.5) is 0 Å². The number of carbonyl (C=O) groups excluding carboxylic acids is 1. The SMILES string of the molecule is CC(C)[C@H](C)NC(=O)CSc1nc2ccccc2c(=O)n1C[C@H]1CCCO1. The van der Waals surface area contributed by atoms with E-state index in [-0.39, 0.29) is 29.4 Å². The average molecular weight is 390 g/mol. The van der Waals surface area contributed by atoms with Gasteiger partial charge in [-0.15, -0.1) is 0 Å². The van der Waals surface area contributed by atoms with Crippen molar-refractivity contribution in [2.45, 2.75) is 57.5 Å². The number of aromatic nitrogens is 2. The van der Waals surface area contributed by atoms with Gasteiger partial charge in [0, 0.05) is 12.6 Å². The first-order chi connectivity index (χ1) is 13.0. The van der Waals surface area contributed by atoms with Crippen molar-refractivity contribution in [1.82, 2.24) is 14.9 Å². The molecule has 7 heteroatoms. The van der Waals surface area contributed by atoms with Crippen molar-refractivity contribution in [1.29, 1.82) is 0 Å². The predicted octanol–water partition coefficient (Wildman–Crippen LogP) is 2.83. The molecule has 0 unspecified atom stereocenters. The van der Waals surface area contributed by atoms with Crippen molar-refractivity contribution < 1.29 is 9.53 Å². The third kappa shape index (κ3) is 4.90. The van der Waals surface area contributed by atoms with E-state index in [0.29, 0.717) is 28.5 Å². The van der Waals surface area contributed by atoms with Crippen LogP contribution in [0.2, 0.25) is 0 Å². The zero-order chi connectivity index (χ0) is 19.4. The third-order valence-corrected chi connectivity index (χ3v) is 5.93. The van der Waals surface area contributed by atoms with Gasteiger partial charge in [0.2, 0.25) is 5.91 Å². The van der Waals surface area contributed by atoms with Crippen LogP contribution in [0, 0.1) is 5.92 Å². The van der Waals surface area contributed by atoms with Gasteiger partial charge in [-0.05, 0) is 37.8 Å². The summed E-state index contributed by atoms with van der Waals surface area (Å²) in [6, 6.07) is 7.44. The predicted molar refractivity (Wildman–Crippen MR) is 108 cm³/mol. The minimum Gasteiger partial charge on any atom is -0.376 e. The molecule has 1 aromatic carbocycles. The van der Waals surface area contributed by atoms with E-state index in [1.807, 2.05) is 25.1 Å². The summed E-state index contributed by atoms with van der Waals surface area (Å²) in [4.78, 5) is 29.9. The number of amides is 1. The second-order valence-electron chi connectivity index (χ2n) is 7.35. The zero-order valence-corrected chi connectivity index (χ0v) is 16.9. The molecule has 1 aliphatic rings. The fraction of sp³-hybridized carbons (Fsp3) is 0.550. The van der Waals surface area contributed by atoms with Crippen LogP contribution in [0.15, 0.2) is 34.2 Å². The average Bonchev–Trinajstić information content (AvgIpc) is 3.15. The van der Waals surface area contributed by atoms with Crippen molar-refractivity contribution in [3.05, 3.63) is 34.6 Å². The lowest BCUT2D eigenvalue weighted by atomic mass is 10.1. The zero-order valence-electron chi connectivity index (χ0n) is 16.1. The molecule has 1 amide bonds. The summed E-state index contributed by atoms with van der Waals surface area (Å²) in [5.74, 6) is 0.551. The second-order valence-corrected chi connectivity index (χ2v) is 8.29. The van der Waals surface area contributed by atoms with Crippen LogP contribution in [0.3, 0.4) is 0 Å². The number of rotatable bonds is 7. The molecular formula is C20H27N3O3S. The van der Waals surface area contributed by atoms with Crippen LogP contribution < -0.4 is 10.9 Å². The molecular weight excluding hydrogens is 362 g/mol. The largest absolute Gasteiger partial charge is 0.376 e. The first-order valence-electron chi connectivity index (χ1n) is 9.49. The molecule has 2 atom stereocenters. The lowest BCUT2D eigenvalue weighted by Gasteiger charge is -2.18. The molecule has 1 fully saturated rings. The van der Waals surface area contributed by atoms with Crippen LogP contribution in [0.5, 0.6) is 0 Å². The van der Waals surface area contributed by atoms with Gasteiger partial charge in [0.15, 0.2) is 5.16 Å². The summed E-state index contributed by atoms with van der Waals surface area (Å²) in [6.07, 6.45) is 1.98. The maximum atomic E-state index is 13.0. The van der Waals surface area contributed by atoms with E-state index >= 15 is 0 Å². The fourth-order valence-corrected chi connectivity index (χ4v) is 3.82. The summed E-state index contributed by atoms with van der Waals surface area (Å²) in [7, 11) is 0. The number of hydrogen-bond acceptors (Lipinski definition) is 5. The molecule has 2 heterocycles. The first kappa shape index (κ1) is 19.9. The summed E-state index contributed by atoms with van der Waals surface area (Å²) in [6.45, 7) is 7.35. The van der Waals surface area contributed by atoms with E-state index in [4.69, 9.17) is 4.74 Å². The minimum atomic E-state index is -0.0745. The summed E-state index contributed by atoms with van der Waals surface area (Å²) in [5.41, 5.74) is 0.583. The molecule has 0 spiro atoms. The van der Waals surface area contributed by atoms with E-state index in [1.165, 1.54) is 11.8 Å². The highest BCUT2D eigenvalue weighted by Crippen LogP contribution is 2.21. The highest BCUT2D eigenvalue weighted by Gasteiger charge is 2.21. The highest BCUT2D eigenvalue weighted by molar-refractivity contribution is 7.99. The van der Waals surface area contributed by atoms with Gasteiger partial charge in [0.1, 0.15) is 0 Å². The van der Waals surface area contributed by atoms with Gasteiger partial charge in [0.05, 0.1) is 29.3 Å². The van der Waals surface area contributed by atoms with Gasteiger partial charge in [-0.1, -0.05) is 37.7 Å². The molecule has 27 heavy (non-hydrogen) atoms. The monoisotopic (exact) mass is 389 g/mol. The van der Waals surface area contributed by atoms with Crippen LogP contribution in [-0.2, 0) is 16.1 Å². The standard InChI is InChI=1S/C20H27N3O3S/c1-13(2)14(3)21-18(24)12-27-20-22-17-9-5-4-8-16(17)19(25)23(20)11-15-7-6-10-26-15/h4-5,8-9,13-15H,6-7,10-12H2,1-3H3,(H,21,24)/t14-,15+/m0/s1. The number of para-hydroxylation sites is 1. The lowest BCUT2D eigenvalue weighted by molar-refractivity contribution is -0.119. The molecule has 0 aliphatic carbocycles. The highest BCUT2D eigenvalue weighted by atomic mass is 32.2. The van der Waals surface area contributed by atoms with Crippen molar-refractivity contribution in [3.63, 3.8) is 0 Å². The Labute approximate surface area is 163 Å². The number of thioether (sulfide) groups is 1. The van der Waals surface area contributed by atoms with Crippen molar-refractivity contribution >= 4 is 28.6 Å². The van der Waals surface area contributed by atoms with Crippen LogP contribution in [0.25, 0.3) is 10.9 Å². The second kappa shape index (κ2) is 8.89. The van der Waals surface area contributed by atoms with E-state index in [0.717, 1.165) is 19.4 Å². The summed E-state index contributed by atoms with van der Waals surface area (Å²) < 4.78 is 7.38. The van der Waals surface area contributed by atoms with E-state index in [1.54, 1.807) is 10.6 Å². The number of carbonyl (C=O) groups is 1. The van der Waals surface area contributed by atoms with Crippen LogP contribution in [0.1, 0.15) is 33.6 Å². The van der Waals surface area contributed by atoms with E-state index in [9.17, 15) is 9.59 Å². The fourth-order valence-electron chi connectivity index (χ4n) is 3.00. The minimum absolute atomic E-state index is 0.0276. The Morgan fingerprint density at radius 3 is 2.85 bits per heavy atom. The third-order valence-electron chi connectivity index (χ3n) is 4.96. The molecule has 3 rings (SSSR count). The van der Waals surface area contributed by atoms with Crippen molar-refractivity contribution in [3.8, 4) is 0 Å². The Morgan fingerprint density at radius 2 is 2.15 bits per heavy atom. The molecule has 146 valence electrons. The molecule has 0 bridgehead atoms. The molecule has 1 aromatic heterocycles. The molecule has 0 radical (unpaired) electrons. The molecule has 1 saturated heterocycles. The van der Waals surface area contributed by atoms with Crippen LogP contribution in [-0.4, -0.2) is 40.0 Å². The lowest BCUT2D eigenvalue weighted by Crippen LogP contribution is -2.37. The Bertz CT molecular complexity index is 859. The smallest absolute Gasteiger partial charge is 0.262 e. The maximum absolute atomic E-state index is 13.0. The maximum Gasteiger partial charge on any atom is 0.262 e. The summed E-state index contributed by atoms with van der Waals surface area (Å²) >= 11 is 1.31. The quantitative estimate of drug-likeness (QED) is 0.582. The molecule has 6 nitrogen and oxygen atoms in total. The molecule has 2 aromatic rings. The Morgan fingerprint density at radius 1 is 1.37 bits per heavy atom. The normalized spacial score (nSPS) is 18.1. The first-order valence-corrected chi connectivity index (χ1v) is 10.5. The van der Waals surface area contributed by atoms with Gasteiger partial charge in [-0.3, -0.25) is 14.2 Å². The molecule has 0 saturated carbocycles. The van der Waals surface area contributed by atoms with Crippen molar-refractivity contribution in [2.75, 3.05) is 12.4 Å². The van der Waals surface area contributed by atoms with Gasteiger partial charge < -0.3 is 10.1 Å². The Kier molecular flexibility index (Phi) is 6.55. The van der Waals surface area contributed by atoms with Gasteiger partial charge in [-0.2, -0.15) is 0 Å². The van der Waals surface area contributed by atoms with Gasteiger partial charge in [0.25, 0.3) is 5.56 Å². The Hall–Kier alpha value is -1.86. The topological polar surface area (TPSA) is 73.2 Å². The number of nitrogens with zero attached hydrogens (tertiary/aromatic N) is 2.